The lowest BCUT2D eigenvalue weighted by atomic mass is 9.86. The molecule has 11 heteroatoms. The molecule has 1 aromatic heterocycles. The number of fused-ring (bicyclic) bond motifs is 1. The molecule has 9 nitrogen and oxygen atoms in total. The molecular weight excluding hydrogens is 496 g/mol. The highest BCUT2D eigenvalue weighted by Crippen LogP contribution is 2.47. The number of aromatic nitrogens is 1. The lowest BCUT2D eigenvalue weighted by molar-refractivity contribution is -0.459. The van der Waals surface area contributed by atoms with E-state index in [9.17, 15) is 14.4 Å². The van der Waals surface area contributed by atoms with Crippen molar-refractivity contribution in [2.75, 3.05) is 12.3 Å². The Morgan fingerprint density at radius 1 is 1.31 bits per heavy atom. The molecule has 0 bridgehead atoms. The monoisotopic (exact) mass is 529 g/mol. The molecule has 2 aliphatic heterocycles. The maximum Gasteiger partial charge on any atom is 0.338 e. The summed E-state index contributed by atoms with van der Waals surface area (Å²) in [6.07, 6.45) is 4.81. The minimum Gasteiger partial charge on any atom is -0.344 e. The number of guanidine groups is 1. The van der Waals surface area contributed by atoms with Crippen LogP contribution in [0.5, 0.6) is 0 Å². The fourth-order valence-corrected chi connectivity index (χ4v) is 6.99. The fourth-order valence-electron chi connectivity index (χ4n) is 4.92. The molecule has 0 radical (unpaired) electrons. The third-order valence-electron chi connectivity index (χ3n) is 6.82. The minimum atomic E-state index is -0.749. The summed E-state index contributed by atoms with van der Waals surface area (Å²) in [6, 6.07) is 8.61. The number of nitrogens with one attached hydrogen (secondary N) is 2. The molecule has 0 spiro atoms. The number of carbonyl (C=O) groups is 3. The molecule has 36 heavy (non-hydrogen) atoms. The maximum atomic E-state index is 13.6. The second-order valence-corrected chi connectivity index (χ2v) is 11.8. The van der Waals surface area contributed by atoms with Crippen molar-refractivity contribution in [1.82, 2.24) is 15.2 Å². The van der Waals surface area contributed by atoms with Crippen molar-refractivity contribution >= 4 is 46.7 Å². The molecule has 0 saturated carbocycles. The second kappa shape index (κ2) is 11.4. The normalized spacial score (nSPS) is 24.1. The molecule has 1 unspecified atom stereocenters. The Morgan fingerprint density at radius 3 is 2.78 bits per heavy atom. The summed E-state index contributed by atoms with van der Waals surface area (Å²) in [5, 5.41) is 5.02. The van der Waals surface area contributed by atoms with E-state index < -0.39 is 17.0 Å². The van der Waals surface area contributed by atoms with E-state index in [0.717, 1.165) is 18.4 Å². The number of ketones is 1. The summed E-state index contributed by atoms with van der Waals surface area (Å²) in [7, 11) is 0. The van der Waals surface area contributed by atoms with Crippen LogP contribution >= 0.6 is 23.1 Å². The van der Waals surface area contributed by atoms with Gasteiger partial charge in [0.25, 0.3) is 0 Å². The largest absolute Gasteiger partial charge is 0.344 e. The van der Waals surface area contributed by atoms with Crippen LogP contribution < -0.4 is 21.8 Å². The van der Waals surface area contributed by atoms with Crippen LogP contribution in [0.3, 0.4) is 0 Å². The van der Waals surface area contributed by atoms with Gasteiger partial charge in [0.05, 0.1) is 17.5 Å². The van der Waals surface area contributed by atoms with Crippen LogP contribution in [0.2, 0.25) is 0 Å². The van der Waals surface area contributed by atoms with E-state index in [4.69, 9.17) is 11.5 Å². The first-order valence-corrected chi connectivity index (χ1v) is 14.0. The Labute approximate surface area is 219 Å². The van der Waals surface area contributed by atoms with E-state index in [1.54, 1.807) is 28.2 Å². The molecule has 3 heterocycles. The lowest BCUT2D eigenvalue weighted by Crippen LogP contribution is -2.78. The average Bonchev–Trinajstić information content (AvgIpc) is 3.52. The van der Waals surface area contributed by atoms with E-state index in [1.165, 1.54) is 11.3 Å². The quantitative estimate of drug-likeness (QED) is 0.149. The third-order valence-corrected chi connectivity index (χ3v) is 9.11. The predicted octanol–water partition coefficient (Wildman–Crippen LogP) is 0.258. The maximum absolute atomic E-state index is 13.6. The van der Waals surface area contributed by atoms with Crippen molar-refractivity contribution in [2.24, 2.45) is 17.4 Å². The van der Waals surface area contributed by atoms with Gasteiger partial charge in [-0.3, -0.25) is 30.8 Å². The molecule has 2 amide bonds. The number of rotatable bonds is 10. The number of hydrogen-bond acceptors (Lipinski definition) is 6. The van der Waals surface area contributed by atoms with E-state index >= 15 is 0 Å². The van der Waals surface area contributed by atoms with Gasteiger partial charge in [-0.2, -0.15) is 0 Å². The van der Waals surface area contributed by atoms with Crippen LogP contribution in [0.1, 0.15) is 48.0 Å². The fraction of sp³-hybridized carbons (Fsp3) is 0.480. The summed E-state index contributed by atoms with van der Waals surface area (Å²) in [6.45, 7) is 2.52. The Balaban J connectivity index is 1.48. The molecule has 2 aliphatic rings. The minimum absolute atomic E-state index is 0.0127. The summed E-state index contributed by atoms with van der Waals surface area (Å²) in [4.78, 5) is 48.6. The van der Waals surface area contributed by atoms with E-state index in [0.29, 0.717) is 36.6 Å². The number of thiazole rings is 1. The molecule has 192 valence electrons. The first-order chi connectivity index (χ1) is 17.3. The van der Waals surface area contributed by atoms with Gasteiger partial charge in [-0.1, -0.05) is 30.3 Å². The lowest BCUT2D eigenvalue weighted by Gasteiger charge is -2.44. The summed E-state index contributed by atoms with van der Waals surface area (Å²) in [5.74, 6) is -0.0660. The number of thioether (sulfide) groups is 1. The van der Waals surface area contributed by atoms with Crippen molar-refractivity contribution < 1.29 is 19.4 Å². The van der Waals surface area contributed by atoms with Gasteiger partial charge in [0.2, 0.25) is 17.6 Å². The average molecular weight is 530 g/mol. The Morgan fingerprint density at radius 2 is 2.08 bits per heavy atom. The van der Waals surface area contributed by atoms with Crippen LogP contribution in [0, 0.1) is 5.92 Å². The molecule has 2 saturated heterocycles. The highest BCUT2D eigenvalue weighted by Gasteiger charge is 2.53. The van der Waals surface area contributed by atoms with E-state index in [2.05, 4.69) is 15.3 Å². The topological polar surface area (TPSA) is 145 Å². The smallest absolute Gasteiger partial charge is 0.338 e. The predicted molar refractivity (Wildman–Crippen MR) is 141 cm³/mol. The van der Waals surface area contributed by atoms with Crippen molar-refractivity contribution in [3.63, 3.8) is 0 Å². The van der Waals surface area contributed by atoms with Crippen molar-refractivity contribution in [1.29, 1.82) is 0 Å². The molecule has 6 N–H and O–H groups in total. The van der Waals surface area contributed by atoms with E-state index in [-0.39, 0.29) is 29.5 Å². The standard InChI is InChI=1S/C25H32N6O3S2/c1-25-10-9-17(14-16-6-3-2-4-7-16)23(34)31(25)19(15-36-25)21(33)30-18(8-5-11-29-24(26)27)20(32)22-28-12-13-35-22/h2-4,6-7,12-13,17-19H,5,8-11,14-15H2,1H3,(H,30,33)(H4,26,27,29)/p+1/t17-,18?,19-,25-/m0/s1. The van der Waals surface area contributed by atoms with Gasteiger partial charge in [-0.05, 0) is 44.6 Å². The first-order valence-electron chi connectivity index (χ1n) is 12.2. The van der Waals surface area contributed by atoms with Crippen LogP contribution in [0.4, 0.5) is 0 Å². The van der Waals surface area contributed by atoms with Crippen molar-refractivity contribution in [3.8, 4) is 0 Å². The Hall–Kier alpha value is -2.92. The van der Waals surface area contributed by atoms with Crippen LogP contribution in [-0.4, -0.2) is 62.7 Å². The van der Waals surface area contributed by atoms with Gasteiger partial charge in [0.1, 0.15) is 6.04 Å². The zero-order valence-corrected chi connectivity index (χ0v) is 21.9. The Bertz CT molecular complexity index is 1110. The Kier molecular flexibility index (Phi) is 8.30. The van der Waals surface area contributed by atoms with Crippen molar-refractivity contribution in [3.05, 3.63) is 52.5 Å². The summed E-state index contributed by atoms with van der Waals surface area (Å²) >= 11 is 2.89. The van der Waals surface area contributed by atoms with Gasteiger partial charge < -0.3 is 10.2 Å². The second-order valence-electron chi connectivity index (χ2n) is 9.42. The third kappa shape index (κ3) is 5.89. The van der Waals surface area contributed by atoms with Gasteiger partial charge in [-0.25, -0.2) is 4.98 Å². The first kappa shape index (κ1) is 26.2. The summed E-state index contributed by atoms with van der Waals surface area (Å²) < 4.78 is 0. The summed E-state index contributed by atoms with van der Waals surface area (Å²) in [5.41, 5.74) is 12.0. The van der Waals surface area contributed by atoms with Crippen LogP contribution in [-0.2, 0) is 16.0 Å². The zero-order valence-electron chi connectivity index (χ0n) is 20.3. The number of amides is 2. The molecule has 1 aromatic carbocycles. The SMILES string of the molecule is C[C@]12CC[C@@H](Cc3ccccc3)C(=O)N1[C@H](C(=O)NC(CCC[NH+]=C(N)N)C(=O)c1nccs1)CS2. The van der Waals surface area contributed by atoms with Gasteiger partial charge in [0.15, 0.2) is 5.01 Å². The molecule has 0 aliphatic carbocycles. The van der Waals surface area contributed by atoms with Gasteiger partial charge >= 0.3 is 5.96 Å². The number of piperidine rings is 1. The molecule has 4 atom stereocenters. The van der Waals surface area contributed by atoms with Gasteiger partial charge in [-0.15, -0.1) is 23.1 Å². The number of carbonyl (C=O) groups excluding carboxylic acids is 3. The van der Waals surface area contributed by atoms with Crippen molar-refractivity contribution in [2.45, 2.75) is 56.0 Å². The highest BCUT2D eigenvalue weighted by atomic mass is 32.2. The molecule has 2 fully saturated rings. The highest BCUT2D eigenvalue weighted by molar-refractivity contribution is 8.00. The number of benzene rings is 1. The molecule has 2 aromatic rings. The molecular formula is C25H33N6O3S2+. The van der Waals surface area contributed by atoms with Crippen LogP contribution in [0.15, 0.2) is 41.9 Å². The van der Waals surface area contributed by atoms with Crippen LogP contribution in [0.25, 0.3) is 0 Å². The number of nitrogens with two attached hydrogens (primary N) is 2. The zero-order chi connectivity index (χ0) is 25.7. The van der Waals surface area contributed by atoms with E-state index in [1.807, 2.05) is 37.3 Å². The van der Waals surface area contributed by atoms with Gasteiger partial charge in [0, 0.05) is 23.2 Å². The molecule has 4 rings (SSSR count). The number of nitrogens with zero attached hydrogens (tertiary/aromatic N) is 2. The number of Topliss-reactive ketones (excluding diaryl/α,β-unsaturated/α-hetero) is 1. The number of hydrogen-bond donors (Lipinski definition) is 4.